The molecule has 6 aromatic rings. The maximum Gasteiger partial charge on any atom is 0.253 e. The van der Waals surface area contributed by atoms with Gasteiger partial charge in [-0.1, -0.05) is 59.6 Å². The number of amides is 2. The first-order valence-electron chi connectivity index (χ1n) is 16.2. The number of nitrogens with one attached hydrogen (secondary N) is 1. The Morgan fingerprint density at radius 2 is 1.80 bits per heavy atom. The van der Waals surface area contributed by atoms with Crippen molar-refractivity contribution in [3.8, 4) is 11.4 Å². The maximum atomic E-state index is 12.9. The molecule has 6 rings (SSSR count). The third kappa shape index (κ3) is 8.64. The van der Waals surface area contributed by atoms with E-state index in [0.29, 0.717) is 39.3 Å². The van der Waals surface area contributed by atoms with Crippen molar-refractivity contribution >= 4 is 57.7 Å². The van der Waals surface area contributed by atoms with Crippen LogP contribution in [0.15, 0.2) is 116 Å². The Kier molecular flexibility index (Phi) is 11.4. The van der Waals surface area contributed by atoms with E-state index in [1.807, 2.05) is 103 Å². The average Bonchev–Trinajstić information content (AvgIpc) is 3.61. The number of rotatable bonds is 13. The lowest BCUT2D eigenvalue weighted by atomic mass is 10.1. The molecule has 3 heterocycles. The summed E-state index contributed by atoms with van der Waals surface area (Å²) < 4.78 is 13.2. The summed E-state index contributed by atoms with van der Waals surface area (Å²) in [6, 6.07) is 28.3. The molecule has 0 saturated carbocycles. The zero-order chi connectivity index (χ0) is 35.7. The molecule has 9 nitrogen and oxygen atoms in total. The van der Waals surface area contributed by atoms with Crippen LogP contribution in [0, 0.1) is 6.92 Å². The van der Waals surface area contributed by atoms with Gasteiger partial charge < -0.3 is 24.3 Å². The van der Waals surface area contributed by atoms with Gasteiger partial charge in [0.15, 0.2) is 0 Å². The van der Waals surface area contributed by atoms with Crippen molar-refractivity contribution in [2.75, 3.05) is 18.6 Å². The number of anilines is 1. The highest BCUT2D eigenvalue weighted by Crippen LogP contribution is 2.33. The Hall–Kier alpha value is -5.48. The molecule has 0 aliphatic carbocycles. The second kappa shape index (κ2) is 16.5. The van der Waals surface area contributed by atoms with Crippen LogP contribution in [0.4, 0.5) is 5.69 Å². The molecule has 3 aromatic carbocycles. The number of pyridine rings is 2. The van der Waals surface area contributed by atoms with Crippen molar-refractivity contribution < 1.29 is 19.1 Å². The number of benzene rings is 3. The number of halogens is 2. The molecule has 0 unspecified atom stereocenters. The van der Waals surface area contributed by atoms with Crippen molar-refractivity contribution in [1.82, 2.24) is 19.9 Å². The van der Waals surface area contributed by atoms with E-state index in [4.69, 9.17) is 32.7 Å². The van der Waals surface area contributed by atoms with Gasteiger partial charge in [-0.3, -0.25) is 14.6 Å². The summed E-state index contributed by atoms with van der Waals surface area (Å²) in [5, 5.41) is 4.85. The fourth-order valence-electron chi connectivity index (χ4n) is 5.56. The quantitative estimate of drug-likeness (QED) is 0.121. The van der Waals surface area contributed by atoms with Gasteiger partial charge in [-0.15, -0.1) is 0 Å². The summed E-state index contributed by atoms with van der Waals surface area (Å²) in [6.45, 7) is 2.65. The fraction of sp³-hybridized carbons (Fsp3) is 0.150. The first-order valence-corrected chi connectivity index (χ1v) is 16.9. The standard InChI is InChI=1S/C40H35Cl2N5O4/c1-27-10-14-30-7-3-9-36(40(30)45-27)51-25-33-34(41)17-18-35(39(33)42)46-21-5-8-32(46)23-44-37(48)19-13-28-11-15-31(16-12-28)47(38(49)26-50-2)24-29-6-4-20-43-22-29/h3-22H,23-26H2,1-2H3,(H,44,48)/b19-13+. The molecule has 0 fully saturated rings. The number of hydrogen-bond acceptors (Lipinski definition) is 6. The van der Waals surface area contributed by atoms with Crippen LogP contribution in [0.3, 0.4) is 0 Å². The second-order valence-electron chi connectivity index (χ2n) is 11.7. The van der Waals surface area contributed by atoms with E-state index in [-0.39, 0.29) is 31.6 Å². The van der Waals surface area contributed by atoms with Crippen molar-refractivity contribution in [3.05, 3.63) is 154 Å². The zero-order valence-corrected chi connectivity index (χ0v) is 29.6. The molecule has 11 heteroatoms. The maximum absolute atomic E-state index is 12.9. The number of nitrogens with zero attached hydrogens (tertiary/aromatic N) is 4. The third-order valence-corrected chi connectivity index (χ3v) is 8.94. The summed E-state index contributed by atoms with van der Waals surface area (Å²) in [5.74, 6) is 0.198. The molecule has 2 amide bonds. The summed E-state index contributed by atoms with van der Waals surface area (Å²) in [4.78, 5) is 36.1. The fourth-order valence-corrected chi connectivity index (χ4v) is 6.13. The van der Waals surface area contributed by atoms with Crippen LogP contribution >= 0.6 is 23.2 Å². The normalized spacial score (nSPS) is 11.2. The van der Waals surface area contributed by atoms with Gasteiger partial charge in [-0.05, 0) is 78.7 Å². The molecule has 0 aliphatic rings. The van der Waals surface area contributed by atoms with Gasteiger partial charge in [0.2, 0.25) is 5.91 Å². The molecule has 0 saturated heterocycles. The zero-order valence-electron chi connectivity index (χ0n) is 28.1. The van der Waals surface area contributed by atoms with E-state index in [1.54, 1.807) is 29.4 Å². The van der Waals surface area contributed by atoms with Crippen molar-refractivity contribution in [1.29, 1.82) is 0 Å². The van der Waals surface area contributed by atoms with Gasteiger partial charge in [0, 0.05) is 64.8 Å². The van der Waals surface area contributed by atoms with Crippen LogP contribution in [0.1, 0.15) is 28.1 Å². The van der Waals surface area contributed by atoms with E-state index < -0.39 is 0 Å². The minimum absolute atomic E-state index is 0.0468. The molecule has 258 valence electrons. The predicted octanol–water partition coefficient (Wildman–Crippen LogP) is 8.12. The number of carbonyl (C=O) groups excluding carboxylic acids is 2. The minimum Gasteiger partial charge on any atom is -0.487 e. The van der Waals surface area contributed by atoms with Crippen molar-refractivity contribution in [2.24, 2.45) is 0 Å². The van der Waals surface area contributed by atoms with Crippen LogP contribution in [0.25, 0.3) is 22.7 Å². The Morgan fingerprint density at radius 1 is 0.961 bits per heavy atom. The molecule has 1 N–H and O–H groups in total. The molecule has 51 heavy (non-hydrogen) atoms. The first-order chi connectivity index (χ1) is 24.8. The summed E-state index contributed by atoms with van der Waals surface area (Å²) in [7, 11) is 1.49. The Bertz CT molecular complexity index is 2190. The Labute approximate surface area is 306 Å². The van der Waals surface area contributed by atoms with Crippen molar-refractivity contribution in [2.45, 2.75) is 26.6 Å². The predicted molar refractivity (Wildman–Crippen MR) is 201 cm³/mol. The van der Waals surface area contributed by atoms with E-state index in [9.17, 15) is 9.59 Å². The number of fused-ring (bicyclic) bond motifs is 1. The number of aromatic nitrogens is 3. The molecule has 0 atom stereocenters. The van der Waals surface area contributed by atoms with Crippen LogP contribution in [-0.2, 0) is 34.0 Å². The highest BCUT2D eigenvalue weighted by Gasteiger charge is 2.18. The van der Waals surface area contributed by atoms with E-state index in [0.717, 1.165) is 33.4 Å². The highest BCUT2D eigenvalue weighted by atomic mass is 35.5. The summed E-state index contributed by atoms with van der Waals surface area (Å²) >= 11 is 13.5. The number of para-hydroxylation sites is 1. The van der Waals surface area contributed by atoms with Crippen molar-refractivity contribution in [3.63, 3.8) is 0 Å². The second-order valence-corrected chi connectivity index (χ2v) is 12.5. The molecular weight excluding hydrogens is 685 g/mol. The minimum atomic E-state index is -0.268. The van der Waals surface area contributed by atoms with Crippen LogP contribution < -0.4 is 15.0 Å². The van der Waals surface area contributed by atoms with E-state index >= 15 is 0 Å². The summed E-state index contributed by atoms with van der Waals surface area (Å²) in [6.07, 6.45) is 8.48. The van der Waals surface area contributed by atoms with Gasteiger partial charge in [0.1, 0.15) is 24.5 Å². The monoisotopic (exact) mass is 719 g/mol. The van der Waals surface area contributed by atoms with Gasteiger partial charge in [-0.2, -0.15) is 0 Å². The van der Waals surface area contributed by atoms with Crippen LogP contribution in [0.5, 0.6) is 5.75 Å². The van der Waals surface area contributed by atoms with Gasteiger partial charge >= 0.3 is 0 Å². The molecular formula is C40H35Cl2N5O4. The number of carbonyl (C=O) groups is 2. The van der Waals surface area contributed by atoms with Gasteiger partial charge in [-0.25, -0.2) is 4.98 Å². The molecule has 0 radical (unpaired) electrons. The number of hydrogen-bond donors (Lipinski definition) is 1. The van der Waals surface area contributed by atoms with E-state index in [2.05, 4.69) is 15.3 Å². The van der Waals surface area contributed by atoms with Crippen LogP contribution in [-0.4, -0.2) is 40.1 Å². The molecule has 0 spiro atoms. The topological polar surface area (TPSA) is 98.6 Å². The highest BCUT2D eigenvalue weighted by molar-refractivity contribution is 6.37. The largest absolute Gasteiger partial charge is 0.487 e. The number of methoxy groups -OCH3 is 1. The smallest absolute Gasteiger partial charge is 0.253 e. The van der Waals surface area contributed by atoms with Gasteiger partial charge in [0.25, 0.3) is 5.91 Å². The number of aryl methyl sites for hydroxylation is 1. The average molecular weight is 721 g/mol. The SMILES string of the molecule is COCC(=O)N(Cc1cccnc1)c1ccc(/C=C/C(=O)NCc2cccn2-c2ccc(Cl)c(COc3cccc4ccc(C)nc34)c2Cl)cc1. The molecule has 0 aliphatic heterocycles. The number of ether oxygens (including phenoxy) is 2. The molecule has 3 aromatic heterocycles. The Morgan fingerprint density at radius 3 is 2.59 bits per heavy atom. The lowest BCUT2D eigenvalue weighted by Gasteiger charge is -2.22. The van der Waals surface area contributed by atoms with E-state index in [1.165, 1.54) is 13.2 Å². The third-order valence-electron chi connectivity index (χ3n) is 8.16. The summed E-state index contributed by atoms with van der Waals surface area (Å²) in [5.41, 5.74) is 6.24. The Balaban J connectivity index is 1.10. The first kappa shape index (κ1) is 35.3. The lowest BCUT2D eigenvalue weighted by Crippen LogP contribution is -2.33. The lowest BCUT2D eigenvalue weighted by molar-refractivity contribution is -0.122. The molecule has 0 bridgehead atoms. The van der Waals surface area contributed by atoms with Crippen LogP contribution in [0.2, 0.25) is 10.0 Å². The van der Waals surface area contributed by atoms with Gasteiger partial charge in [0.05, 0.1) is 23.8 Å².